The molecule has 6 atom stereocenters. The van der Waals surface area contributed by atoms with Gasteiger partial charge in [0.05, 0.1) is 12.7 Å². The quantitative estimate of drug-likeness (QED) is 0.228. The highest BCUT2D eigenvalue weighted by Crippen LogP contribution is 2.44. The molecule has 3 aliphatic rings. The van der Waals surface area contributed by atoms with Crippen molar-refractivity contribution in [1.82, 2.24) is 0 Å². The Morgan fingerprint density at radius 3 is 2.70 bits per heavy atom. The van der Waals surface area contributed by atoms with Crippen LogP contribution in [0.3, 0.4) is 0 Å². The molecular weight excluding hydrogens is 350 g/mol. The van der Waals surface area contributed by atoms with E-state index in [4.69, 9.17) is 29.2 Å². The van der Waals surface area contributed by atoms with Gasteiger partial charge in [-0.05, 0) is 37.8 Å². The summed E-state index contributed by atoms with van der Waals surface area (Å²) in [7, 11) is 0. The Balaban J connectivity index is 1.39. The Hall–Kier alpha value is -1.67. The van der Waals surface area contributed by atoms with Gasteiger partial charge in [0.1, 0.15) is 24.4 Å². The van der Waals surface area contributed by atoms with E-state index in [1.54, 1.807) is 0 Å². The highest BCUT2D eigenvalue weighted by molar-refractivity contribution is 5.14. The summed E-state index contributed by atoms with van der Waals surface area (Å²) in [5.41, 5.74) is 9.45. The summed E-state index contributed by atoms with van der Waals surface area (Å²) in [6.07, 6.45) is 0.461. The summed E-state index contributed by atoms with van der Waals surface area (Å²) >= 11 is 0. The van der Waals surface area contributed by atoms with Gasteiger partial charge in [-0.2, -0.15) is 0 Å². The molecule has 0 aliphatic carbocycles. The van der Waals surface area contributed by atoms with Gasteiger partial charge in [-0.25, -0.2) is 0 Å². The third-order valence-corrected chi connectivity index (χ3v) is 5.07. The number of benzene rings is 1. The lowest BCUT2D eigenvalue weighted by molar-refractivity contribution is -0.221. The standard InChI is InChI=1S/C19H25N3O5/c1-19(2)26-17-15(23-11-12-7-4-3-5-8-12)16(25-18(17)27-19)14-13(24-14)9-6-10-21-22-20/h3-5,7-8,13-18H,6,9-11H2,1-2H3/t13-,14+,15+,16-,17-,18-/m1/s1. The lowest BCUT2D eigenvalue weighted by Gasteiger charge is -2.25. The SMILES string of the molecule is CC1(C)O[C@H]2O[C@H]([C@H]3O[C@@H]3CCCN=[N+]=[N-])[C@H](OCc3ccccc3)[C@H]2O1. The fraction of sp³-hybridized carbons (Fsp3) is 0.684. The maximum Gasteiger partial charge on any atom is 0.190 e. The molecule has 3 aliphatic heterocycles. The Labute approximate surface area is 158 Å². The van der Waals surface area contributed by atoms with Gasteiger partial charge in [0.2, 0.25) is 0 Å². The third kappa shape index (κ3) is 4.27. The van der Waals surface area contributed by atoms with Crippen molar-refractivity contribution in [2.75, 3.05) is 6.54 Å². The first kappa shape index (κ1) is 18.7. The van der Waals surface area contributed by atoms with Crippen LogP contribution in [0.4, 0.5) is 0 Å². The van der Waals surface area contributed by atoms with Crippen LogP contribution in [0, 0.1) is 0 Å². The maximum atomic E-state index is 8.36. The van der Waals surface area contributed by atoms with Crippen molar-refractivity contribution < 1.29 is 23.7 Å². The van der Waals surface area contributed by atoms with E-state index in [-0.39, 0.29) is 30.5 Å². The minimum atomic E-state index is -0.687. The second-order valence-electron chi connectivity index (χ2n) is 7.57. The van der Waals surface area contributed by atoms with Gasteiger partial charge >= 0.3 is 0 Å². The van der Waals surface area contributed by atoms with Crippen LogP contribution in [0.25, 0.3) is 10.4 Å². The van der Waals surface area contributed by atoms with E-state index >= 15 is 0 Å². The largest absolute Gasteiger partial charge is 0.368 e. The van der Waals surface area contributed by atoms with E-state index in [2.05, 4.69) is 10.0 Å². The molecule has 146 valence electrons. The third-order valence-electron chi connectivity index (χ3n) is 5.07. The zero-order chi connectivity index (χ0) is 18.9. The topological polar surface area (TPSA) is 98.2 Å². The molecule has 0 aromatic heterocycles. The summed E-state index contributed by atoms with van der Waals surface area (Å²) < 4.78 is 30.1. The van der Waals surface area contributed by atoms with Gasteiger partial charge in [-0.15, -0.1) is 0 Å². The first-order valence-corrected chi connectivity index (χ1v) is 9.40. The predicted molar refractivity (Wildman–Crippen MR) is 95.6 cm³/mol. The average molecular weight is 375 g/mol. The van der Waals surface area contributed by atoms with Gasteiger partial charge < -0.3 is 23.7 Å². The average Bonchev–Trinajstić information content (AvgIpc) is 3.25. The molecule has 3 fully saturated rings. The van der Waals surface area contributed by atoms with Crippen LogP contribution in [-0.2, 0) is 30.3 Å². The Morgan fingerprint density at radius 2 is 1.93 bits per heavy atom. The van der Waals surface area contributed by atoms with E-state index in [1.807, 2.05) is 44.2 Å². The number of azide groups is 1. The van der Waals surface area contributed by atoms with Crippen molar-refractivity contribution in [3.8, 4) is 0 Å². The van der Waals surface area contributed by atoms with Gasteiger partial charge in [0, 0.05) is 11.5 Å². The van der Waals surface area contributed by atoms with Crippen LogP contribution in [0.1, 0.15) is 32.3 Å². The fourth-order valence-corrected chi connectivity index (χ4v) is 3.81. The van der Waals surface area contributed by atoms with Crippen molar-refractivity contribution in [3.05, 3.63) is 46.3 Å². The molecule has 8 heteroatoms. The summed E-state index contributed by atoms with van der Waals surface area (Å²) in [5, 5.41) is 3.56. The molecular formula is C19H25N3O5. The van der Waals surface area contributed by atoms with Crippen LogP contribution in [0.5, 0.6) is 0 Å². The minimum Gasteiger partial charge on any atom is -0.368 e. The summed E-state index contributed by atoms with van der Waals surface area (Å²) in [6, 6.07) is 10.0. The zero-order valence-corrected chi connectivity index (χ0v) is 15.6. The summed E-state index contributed by atoms with van der Waals surface area (Å²) in [4.78, 5) is 2.77. The van der Waals surface area contributed by atoms with E-state index in [0.717, 1.165) is 18.4 Å². The molecule has 0 N–H and O–H groups in total. The number of nitrogens with zero attached hydrogens (tertiary/aromatic N) is 3. The summed E-state index contributed by atoms with van der Waals surface area (Å²) in [6.45, 7) is 4.72. The van der Waals surface area contributed by atoms with Crippen molar-refractivity contribution in [3.63, 3.8) is 0 Å². The van der Waals surface area contributed by atoms with Gasteiger partial charge in [0.25, 0.3) is 0 Å². The van der Waals surface area contributed by atoms with E-state index in [0.29, 0.717) is 13.2 Å². The molecule has 1 aromatic rings. The second kappa shape index (κ2) is 7.75. The van der Waals surface area contributed by atoms with E-state index < -0.39 is 12.1 Å². The molecule has 0 unspecified atom stereocenters. The smallest absolute Gasteiger partial charge is 0.190 e. The van der Waals surface area contributed by atoms with Gasteiger partial charge in [-0.3, -0.25) is 0 Å². The monoisotopic (exact) mass is 375 g/mol. The number of epoxide rings is 1. The van der Waals surface area contributed by atoms with Crippen molar-refractivity contribution in [2.45, 2.75) is 75.9 Å². The first-order valence-electron chi connectivity index (χ1n) is 9.40. The molecule has 0 radical (unpaired) electrons. The number of rotatable bonds is 8. The second-order valence-corrected chi connectivity index (χ2v) is 7.57. The van der Waals surface area contributed by atoms with Crippen LogP contribution in [-0.4, -0.2) is 49.1 Å². The van der Waals surface area contributed by atoms with Crippen molar-refractivity contribution in [1.29, 1.82) is 0 Å². The molecule has 0 saturated carbocycles. The zero-order valence-electron chi connectivity index (χ0n) is 15.6. The lowest BCUT2D eigenvalue weighted by Crippen LogP contribution is -2.39. The van der Waals surface area contributed by atoms with E-state index in [9.17, 15) is 0 Å². The molecule has 3 saturated heterocycles. The lowest BCUT2D eigenvalue weighted by atomic mass is 10.0. The molecule has 0 amide bonds. The highest BCUT2D eigenvalue weighted by atomic mass is 16.8. The van der Waals surface area contributed by atoms with Crippen molar-refractivity contribution >= 4 is 0 Å². The molecule has 3 heterocycles. The highest BCUT2D eigenvalue weighted by Gasteiger charge is 2.61. The van der Waals surface area contributed by atoms with Crippen LogP contribution in [0.2, 0.25) is 0 Å². The van der Waals surface area contributed by atoms with Crippen molar-refractivity contribution in [2.24, 2.45) is 5.11 Å². The normalized spacial score (nSPS) is 36.2. The molecule has 4 rings (SSSR count). The molecule has 1 aromatic carbocycles. The molecule has 8 nitrogen and oxygen atoms in total. The number of hydrogen-bond acceptors (Lipinski definition) is 6. The van der Waals surface area contributed by atoms with E-state index in [1.165, 1.54) is 0 Å². The Morgan fingerprint density at radius 1 is 1.11 bits per heavy atom. The first-order chi connectivity index (χ1) is 13.1. The predicted octanol–water partition coefficient (Wildman–Crippen LogP) is 3.31. The molecule has 0 spiro atoms. The maximum absolute atomic E-state index is 8.36. The van der Waals surface area contributed by atoms with Gasteiger partial charge in [-0.1, -0.05) is 35.4 Å². The number of hydrogen-bond donors (Lipinski definition) is 0. The van der Waals surface area contributed by atoms with Crippen LogP contribution >= 0.6 is 0 Å². The molecule has 0 bridgehead atoms. The van der Waals surface area contributed by atoms with Gasteiger partial charge in [0.15, 0.2) is 12.1 Å². The number of ether oxygens (including phenoxy) is 5. The Bertz CT molecular complexity index is 694. The Kier molecular flexibility index (Phi) is 5.36. The van der Waals surface area contributed by atoms with Crippen LogP contribution < -0.4 is 0 Å². The minimum absolute atomic E-state index is 0.0437. The summed E-state index contributed by atoms with van der Waals surface area (Å²) in [5.74, 6) is -0.687. The van der Waals surface area contributed by atoms with Crippen LogP contribution in [0.15, 0.2) is 35.4 Å². The molecule has 27 heavy (non-hydrogen) atoms. The number of fused-ring (bicyclic) bond motifs is 1. The fourth-order valence-electron chi connectivity index (χ4n) is 3.81.